The summed E-state index contributed by atoms with van der Waals surface area (Å²) in [5.74, 6) is 0.596. The van der Waals surface area contributed by atoms with E-state index in [0.717, 1.165) is 30.8 Å². The smallest absolute Gasteiger partial charge is 0.131 e. The first kappa shape index (κ1) is 17.0. The van der Waals surface area contributed by atoms with Crippen molar-refractivity contribution >= 4 is 23.5 Å². The van der Waals surface area contributed by atoms with Crippen LogP contribution in [0.3, 0.4) is 0 Å². The van der Waals surface area contributed by atoms with E-state index < -0.39 is 0 Å². The van der Waals surface area contributed by atoms with Crippen molar-refractivity contribution in [2.75, 3.05) is 37.0 Å². The number of nitrogens with zero attached hydrogens (tertiary/aromatic N) is 3. The normalized spacial score (nSPS) is 14.8. The van der Waals surface area contributed by atoms with Gasteiger partial charge in [0.05, 0.1) is 5.69 Å². The van der Waals surface area contributed by atoms with E-state index in [9.17, 15) is 0 Å². The molecule has 24 heavy (non-hydrogen) atoms. The van der Waals surface area contributed by atoms with Crippen molar-refractivity contribution < 1.29 is 0 Å². The molecule has 5 nitrogen and oxygen atoms in total. The first-order valence-electron chi connectivity index (χ1n) is 8.16. The van der Waals surface area contributed by atoms with E-state index in [1.807, 2.05) is 6.26 Å². The van der Waals surface area contributed by atoms with Gasteiger partial charge in [-0.15, -0.1) is 0 Å². The Morgan fingerprint density at radius 1 is 1.33 bits per heavy atom. The molecule has 1 aromatic carbocycles. The molecule has 0 radical (unpaired) electrons. The molecule has 1 aliphatic rings. The maximum Gasteiger partial charge on any atom is 0.131 e. The molecule has 1 aliphatic carbocycles. The highest BCUT2D eigenvalue weighted by atomic mass is 32.2. The van der Waals surface area contributed by atoms with Crippen molar-refractivity contribution in [3.05, 3.63) is 35.7 Å². The third-order valence-electron chi connectivity index (χ3n) is 4.68. The van der Waals surface area contributed by atoms with Crippen LogP contribution in [0.2, 0.25) is 0 Å². The molecule has 0 spiro atoms. The molecular weight excluding hydrogens is 318 g/mol. The van der Waals surface area contributed by atoms with Crippen LogP contribution in [-0.4, -0.2) is 36.4 Å². The summed E-state index contributed by atoms with van der Waals surface area (Å²) in [4.78, 5) is 11.1. The molecule has 3 N–H and O–H groups in total. The predicted molar refractivity (Wildman–Crippen MR) is 103 cm³/mol. The number of likely N-dealkylation sites (N-methyl/N-ethyl adjacent to an activating group) is 1. The summed E-state index contributed by atoms with van der Waals surface area (Å²) in [6.07, 6.45) is 4.55. The molecule has 1 heterocycles. The Morgan fingerprint density at radius 3 is 2.88 bits per heavy atom. The molecule has 0 amide bonds. The largest absolute Gasteiger partial charge is 0.383 e. The summed E-state index contributed by atoms with van der Waals surface area (Å²) in [6, 6.07) is 6.45. The fourth-order valence-electron chi connectivity index (χ4n) is 3.58. The molecule has 0 saturated heterocycles. The number of hydrogen-bond acceptors (Lipinski definition) is 6. The lowest BCUT2D eigenvalue weighted by molar-refractivity contribution is 0.514. The summed E-state index contributed by atoms with van der Waals surface area (Å²) in [5.41, 5.74) is 11.9. The number of fused-ring (bicyclic) bond motifs is 3. The van der Waals surface area contributed by atoms with Crippen LogP contribution in [0.5, 0.6) is 0 Å². The Labute approximate surface area is 148 Å². The van der Waals surface area contributed by atoms with E-state index in [1.165, 1.54) is 16.8 Å². The number of nitrogens with two attached hydrogens (primary N) is 1. The molecule has 0 bridgehead atoms. The molecular formula is C18H25N5S. The van der Waals surface area contributed by atoms with E-state index in [4.69, 9.17) is 5.73 Å². The highest BCUT2D eigenvalue weighted by molar-refractivity contribution is 7.96. The van der Waals surface area contributed by atoms with Gasteiger partial charge >= 0.3 is 0 Å². The van der Waals surface area contributed by atoms with Crippen LogP contribution in [-0.2, 0) is 11.8 Å². The number of anilines is 2. The van der Waals surface area contributed by atoms with Gasteiger partial charge in [0, 0.05) is 37.0 Å². The fourth-order valence-corrected chi connectivity index (χ4v) is 3.87. The average Bonchev–Trinajstić information content (AvgIpc) is 2.54. The second-order valence-electron chi connectivity index (χ2n) is 6.87. The van der Waals surface area contributed by atoms with Gasteiger partial charge in [-0.05, 0) is 29.7 Å². The lowest BCUT2D eigenvalue weighted by atomic mass is 9.71. The number of nitrogen functional groups attached to an aromatic ring is 1. The second kappa shape index (κ2) is 6.61. The lowest BCUT2D eigenvalue weighted by Gasteiger charge is -2.36. The minimum Gasteiger partial charge on any atom is -0.383 e. The predicted octanol–water partition coefficient (Wildman–Crippen LogP) is 2.86. The first-order valence-corrected chi connectivity index (χ1v) is 9.38. The van der Waals surface area contributed by atoms with Crippen molar-refractivity contribution in [1.82, 2.24) is 14.7 Å². The standard InChI is InChI=1S/C18H25N5S/c1-18(2)10-13-12(16-15(18)17(19)21-11-20-16)6-5-7-14(13)23(3)9-8-22-24-4/h5-7,11,22H,8-10H2,1-4H3,(H2,19,20,21). The monoisotopic (exact) mass is 343 g/mol. The summed E-state index contributed by atoms with van der Waals surface area (Å²) >= 11 is 1.65. The SMILES string of the molecule is CSNCCN(C)c1cccc2c1CC(C)(C)c1c(N)ncnc1-2. The quantitative estimate of drug-likeness (QED) is 0.643. The zero-order chi connectivity index (χ0) is 17.3. The minimum absolute atomic E-state index is 0.0812. The fraction of sp³-hybridized carbons (Fsp3) is 0.444. The number of aromatic nitrogens is 2. The van der Waals surface area contributed by atoms with Crippen LogP contribution in [0.25, 0.3) is 11.3 Å². The molecule has 6 heteroatoms. The van der Waals surface area contributed by atoms with Gasteiger partial charge in [0.1, 0.15) is 12.1 Å². The Bertz CT molecular complexity index is 744. The van der Waals surface area contributed by atoms with Crippen LogP contribution in [0.15, 0.2) is 24.5 Å². The number of benzene rings is 1. The first-order chi connectivity index (χ1) is 11.5. The molecule has 1 aromatic heterocycles. The van der Waals surface area contributed by atoms with Crippen LogP contribution >= 0.6 is 11.9 Å². The van der Waals surface area contributed by atoms with Gasteiger partial charge in [-0.25, -0.2) is 9.97 Å². The lowest BCUT2D eigenvalue weighted by Crippen LogP contribution is -2.31. The number of rotatable bonds is 5. The van der Waals surface area contributed by atoms with Gasteiger partial charge in [0.25, 0.3) is 0 Å². The van der Waals surface area contributed by atoms with Crippen molar-refractivity contribution in [3.8, 4) is 11.3 Å². The number of hydrogen-bond donors (Lipinski definition) is 2. The third-order valence-corrected chi connectivity index (χ3v) is 5.18. The Hall–Kier alpha value is -1.79. The minimum atomic E-state index is -0.0812. The molecule has 3 rings (SSSR count). The van der Waals surface area contributed by atoms with Gasteiger partial charge in [0.15, 0.2) is 0 Å². The van der Waals surface area contributed by atoms with E-state index in [2.05, 4.69) is 58.7 Å². The molecule has 2 aromatic rings. The van der Waals surface area contributed by atoms with Gasteiger partial charge in [-0.3, -0.25) is 4.72 Å². The summed E-state index contributed by atoms with van der Waals surface area (Å²) in [5, 5.41) is 0. The second-order valence-corrected chi connectivity index (χ2v) is 7.56. The van der Waals surface area contributed by atoms with E-state index in [0.29, 0.717) is 5.82 Å². The van der Waals surface area contributed by atoms with Crippen LogP contribution < -0.4 is 15.4 Å². The van der Waals surface area contributed by atoms with Crippen LogP contribution in [0, 0.1) is 0 Å². The van der Waals surface area contributed by atoms with E-state index in [-0.39, 0.29) is 5.41 Å². The van der Waals surface area contributed by atoms with Gasteiger partial charge in [-0.1, -0.05) is 37.9 Å². The Kier molecular flexibility index (Phi) is 4.69. The van der Waals surface area contributed by atoms with E-state index >= 15 is 0 Å². The highest BCUT2D eigenvalue weighted by Gasteiger charge is 2.35. The zero-order valence-corrected chi connectivity index (χ0v) is 15.6. The highest BCUT2D eigenvalue weighted by Crippen LogP contribution is 2.46. The molecule has 0 aliphatic heterocycles. The molecule has 0 saturated carbocycles. The Morgan fingerprint density at radius 2 is 2.12 bits per heavy atom. The number of nitrogens with one attached hydrogen (secondary N) is 1. The summed E-state index contributed by atoms with van der Waals surface area (Å²) in [6.45, 7) is 6.34. The van der Waals surface area contributed by atoms with Gasteiger partial charge in [0.2, 0.25) is 0 Å². The zero-order valence-electron chi connectivity index (χ0n) is 14.8. The van der Waals surface area contributed by atoms with Crippen molar-refractivity contribution in [3.63, 3.8) is 0 Å². The van der Waals surface area contributed by atoms with Crippen molar-refractivity contribution in [2.45, 2.75) is 25.7 Å². The van der Waals surface area contributed by atoms with Crippen molar-refractivity contribution in [2.24, 2.45) is 0 Å². The van der Waals surface area contributed by atoms with Crippen LogP contribution in [0.4, 0.5) is 11.5 Å². The Balaban J connectivity index is 2.07. The molecule has 0 atom stereocenters. The van der Waals surface area contributed by atoms with E-state index in [1.54, 1.807) is 18.3 Å². The maximum absolute atomic E-state index is 6.18. The summed E-state index contributed by atoms with van der Waals surface area (Å²) < 4.78 is 3.31. The third kappa shape index (κ3) is 2.96. The van der Waals surface area contributed by atoms with Crippen molar-refractivity contribution in [1.29, 1.82) is 0 Å². The van der Waals surface area contributed by atoms with Crippen LogP contribution in [0.1, 0.15) is 25.0 Å². The van der Waals surface area contributed by atoms with Gasteiger partial charge < -0.3 is 10.6 Å². The topological polar surface area (TPSA) is 67.1 Å². The average molecular weight is 344 g/mol. The summed E-state index contributed by atoms with van der Waals surface area (Å²) in [7, 11) is 2.15. The molecule has 0 fully saturated rings. The van der Waals surface area contributed by atoms with Gasteiger partial charge in [-0.2, -0.15) is 0 Å². The molecule has 128 valence electrons. The maximum atomic E-state index is 6.18. The molecule has 0 unspecified atom stereocenters.